The van der Waals surface area contributed by atoms with E-state index < -0.39 is 0 Å². The number of ether oxygens (including phenoxy) is 1. The summed E-state index contributed by atoms with van der Waals surface area (Å²) in [4.78, 5) is 25.7. The van der Waals surface area contributed by atoms with Crippen LogP contribution >= 0.6 is 0 Å². The third kappa shape index (κ3) is 3.47. The summed E-state index contributed by atoms with van der Waals surface area (Å²) in [5.74, 6) is -0.309. The molecule has 0 saturated carbocycles. The van der Waals surface area contributed by atoms with Gasteiger partial charge in [-0.25, -0.2) is 4.98 Å². The van der Waals surface area contributed by atoms with Crippen molar-refractivity contribution in [2.75, 3.05) is 20.3 Å². The summed E-state index contributed by atoms with van der Waals surface area (Å²) < 4.78 is 4.78. The lowest BCUT2D eigenvalue weighted by molar-refractivity contribution is 0.0932. The lowest BCUT2D eigenvalue weighted by atomic mass is 10.3. The summed E-state index contributed by atoms with van der Waals surface area (Å²) in [5, 5.41) is 2.61. The van der Waals surface area contributed by atoms with E-state index in [0.717, 1.165) is 0 Å². The lowest BCUT2D eigenvalue weighted by Crippen LogP contribution is -2.27. The summed E-state index contributed by atoms with van der Waals surface area (Å²) in [6, 6.07) is 4.70. The molecule has 0 unspecified atom stereocenters. The third-order valence-electron chi connectivity index (χ3n) is 1.72. The van der Waals surface area contributed by atoms with E-state index >= 15 is 0 Å². The van der Waals surface area contributed by atoms with Crippen molar-refractivity contribution in [3.8, 4) is 0 Å². The van der Waals surface area contributed by atoms with Crippen LogP contribution < -0.4 is 5.32 Å². The quantitative estimate of drug-likeness (QED) is 0.557. The van der Waals surface area contributed by atoms with Crippen LogP contribution in [0.2, 0.25) is 0 Å². The number of nitrogens with one attached hydrogen (secondary N) is 1. The van der Waals surface area contributed by atoms with Gasteiger partial charge in [0.05, 0.1) is 6.61 Å². The first-order chi connectivity index (χ1) is 7.27. The van der Waals surface area contributed by atoms with E-state index in [2.05, 4.69) is 10.3 Å². The summed E-state index contributed by atoms with van der Waals surface area (Å²) in [6.07, 6.45) is 0.603. The van der Waals surface area contributed by atoms with E-state index in [0.29, 0.717) is 19.4 Å². The second-order valence-electron chi connectivity index (χ2n) is 2.81. The molecule has 15 heavy (non-hydrogen) atoms. The molecule has 0 atom stereocenters. The maximum atomic E-state index is 11.4. The SMILES string of the molecule is COCCNC(=O)c1cccc(C=O)n1. The molecular weight excluding hydrogens is 196 g/mol. The average molecular weight is 208 g/mol. The molecule has 0 aromatic carbocycles. The van der Waals surface area contributed by atoms with Crippen LogP contribution in [0, 0.1) is 0 Å². The zero-order chi connectivity index (χ0) is 11.1. The van der Waals surface area contributed by atoms with Crippen LogP contribution in [0.15, 0.2) is 18.2 Å². The molecular formula is C10H12N2O3. The van der Waals surface area contributed by atoms with Gasteiger partial charge in [0, 0.05) is 13.7 Å². The van der Waals surface area contributed by atoms with Gasteiger partial charge >= 0.3 is 0 Å². The van der Waals surface area contributed by atoms with Gasteiger partial charge in [0.25, 0.3) is 5.91 Å². The average Bonchev–Trinajstić information content (AvgIpc) is 2.29. The summed E-state index contributed by atoms with van der Waals surface area (Å²) in [5.41, 5.74) is 0.477. The lowest BCUT2D eigenvalue weighted by Gasteiger charge is -2.03. The molecule has 0 aliphatic carbocycles. The maximum absolute atomic E-state index is 11.4. The predicted molar refractivity (Wildman–Crippen MR) is 53.8 cm³/mol. The van der Waals surface area contributed by atoms with Crippen molar-refractivity contribution in [1.82, 2.24) is 10.3 Å². The molecule has 0 aliphatic heterocycles. The van der Waals surface area contributed by atoms with E-state index in [-0.39, 0.29) is 17.3 Å². The Morgan fingerprint density at radius 1 is 1.60 bits per heavy atom. The van der Waals surface area contributed by atoms with Gasteiger partial charge in [0.2, 0.25) is 0 Å². The van der Waals surface area contributed by atoms with Gasteiger partial charge in [-0.2, -0.15) is 0 Å². The number of pyridine rings is 1. The smallest absolute Gasteiger partial charge is 0.269 e. The second-order valence-corrected chi connectivity index (χ2v) is 2.81. The Balaban J connectivity index is 2.61. The normalized spacial score (nSPS) is 9.67. The molecule has 1 rings (SSSR count). The van der Waals surface area contributed by atoms with Gasteiger partial charge in [-0.15, -0.1) is 0 Å². The van der Waals surface area contributed by atoms with E-state index in [1.54, 1.807) is 25.3 Å². The molecule has 0 bridgehead atoms. The molecule has 1 N–H and O–H groups in total. The van der Waals surface area contributed by atoms with Crippen molar-refractivity contribution in [3.05, 3.63) is 29.6 Å². The summed E-state index contributed by atoms with van der Waals surface area (Å²) >= 11 is 0. The topological polar surface area (TPSA) is 68.3 Å². The molecule has 0 saturated heterocycles. The van der Waals surface area contributed by atoms with Crippen LogP contribution in [0.5, 0.6) is 0 Å². The van der Waals surface area contributed by atoms with E-state index in [9.17, 15) is 9.59 Å². The fourth-order valence-electron chi connectivity index (χ4n) is 1.00. The molecule has 1 aromatic rings. The molecule has 0 spiro atoms. The van der Waals surface area contributed by atoms with Crippen LogP contribution in [-0.4, -0.2) is 37.4 Å². The number of methoxy groups -OCH3 is 1. The molecule has 80 valence electrons. The zero-order valence-corrected chi connectivity index (χ0v) is 8.40. The number of aromatic nitrogens is 1. The number of nitrogens with zero attached hydrogens (tertiary/aromatic N) is 1. The first-order valence-corrected chi connectivity index (χ1v) is 4.47. The number of hydrogen-bond donors (Lipinski definition) is 1. The van der Waals surface area contributed by atoms with Crippen LogP contribution in [0.4, 0.5) is 0 Å². The van der Waals surface area contributed by atoms with Crippen molar-refractivity contribution >= 4 is 12.2 Å². The largest absolute Gasteiger partial charge is 0.383 e. The van der Waals surface area contributed by atoms with E-state index in [4.69, 9.17) is 4.74 Å². The highest BCUT2D eigenvalue weighted by atomic mass is 16.5. The number of carbonyl (C=O) groups is 2. The van der Waals surface area contributed by atoms with Crippen molar-refractivity contribution in [1.29, 1.82) is 0 Å². The number of aldehydes is 1. The Morgan fingerprint density at radius 3 is 3.07 bits per heavy atom. The Bertz CT molecular complexity index is 352. The standard InChI is InChI=1S/C10H12N2O3/c1-15-6-5-11-10(14)9-4-2-3-8(7-13)12-9/h2-4,7H,5-6H2,1H3,(H,11,14). The van der Waals surface area contributed by atoms with Gasteiger partial charge in [-0.3, -0.25) is 9.59 Å². The van der Waals surface area contributed by atoms with Crippen LogP contribution in [0.25, 0.3) is 0 Å². The first kappa shape index (κ1) is 11.3. The fraction of sp³-hybridized carbons (Fsp3) is 0.300. The maximum Gasteiger partial charge on any atom is 0.269 e. The molecule has 1 heterocycles. The molecule has 1 aromatic heterocycles. The minimum Gasteiger partial charge on any atom is -0.383 e. The van der Waals surface area contributed by atoms with Crippen molar-refractivity contribution in [3.63, 3.8) is 0 Å². The van der Waals surface area contributed by atoms with Gasteiger partial charge < -0.3 is 10.1 Å². The molecule has 0 radical (unpaired) electrons. The summed E-state index contributed by atoms with van der Waals surface area (Å²) in [7, 11) is 1.55. The minimum atomic E-state index is -0.309. The highest BCUT2D eigenvalue weighted by molar-refractivity contribution is 5.92. The van der Waals surface area contributed by atoms with E-state index in [1.165, 1.54) is 0 Å². The summed E-state index contributed by atoms with van der Waals surface area (Å²) in [6.45, 7) is 0.863. The Hall–Kier alpha value is -1.75. The Kier molecular flexibility index (Phi) is 4.43. The zero-order valence-electron chi connectivity index (χ0n) is 8.40. The van der Waals surface area contributed by atoms with Gasteiger partial charge in [-0.05, 0) is 12.1 Å². The Labute approximate surface area is 87.5 Å². The van der Waals surface area contributed by atoms with Gasteiger partial charge in [-0.1, -0.05) is 6.07 Å². The number of hydrogen-bond acceptors (Lipinski definition) is 4. The van der Waals surface area contributed by atoms with Crippen LogP contribution in [0.3, 0.4) is 0 Å². The van der Waals surface area contributed by atoms with Crippen molar-refractivity contribution in [2.24, 2.45) is 0 Å². The minimum absolute atomic E-state index is 0.232. The van der Waals surface area contributed by atoms with Crippen molar-refractivity contribution in [2.45, 2.75) is 0 Å². The fourth-order valence-corrected chi connectivity index (χ4v) is 1.00. The highest BCUT2D eigenvalue weighted by Crippen LogP contribution is 1.96. The van der Waals surface area contributed by atoms with Gasteiger partial charge in [0.1, 0.15) is 11.4 Å². The van der Waals surface area contributed by atoms with E-state index in [1.807, 2.05) is 0 Å². The molecule has 0 aliphatic rings. The highest BCUT2D eigenvalue weighted by Gasteiger charge is 2.06. The molecule has 1 amide bonds. The monoisotopic (exact) mass is 208 g/mol. The molecule has 0 fully saturated rings. The van der Waals surface area contributed by atoms with Crippen LogP contribution in [-0.2, 0) is 4.74 Å². The molecule has 5 nitrogen and oxygen atoms in total. The van der Waals surface area contributed by atoms with Crippen molar-refractivity contribution < 1.29 is 14.3 Å². The van der Waals surface area contributed by atoms with Gasteiger partial charge in [0.15, 0.2) is 6.29 Å². The number of carbonyl (C=O) groups excluding carboxylic acids is 2. The number of amides is 1. The Morgan fingerprint density at radius 2 is 2.40 bits per heavy atom. The second kappa shape index (κ2) is 5.87. The van der Waals surface area contributed by atoms with Crippen LogP contribution in [0.1, 0.15) is 21.0 Å². The third-order valence-corrected chi connectivity index (χ3v) is 1.72. The number of rotatable bonds is 5. The predicted octanol–water partition coefficient (Wildman–Crippen LogP) is 0.270. The first-order valence-electron chi connectivity index (χ1n) is 4.47. The molecule has 5 heteroatoms.